The molecule has 0 saturated carbocycles. The van der Waals surface area contributed by atoms with Crippen molar-refractivity contribution in [2.45, 2.75) is 5.92 Å². The normalized spacial score (nSPS) is 10.8. The molecular weight excluding hydrogens is 204 g/mol. The smallest absolute Gasteiger partial charge is 0.276 e. The maximum absolute atomic E-state index is 12.7. The highest BCUT2D eigenvalue weighted by molar-refractivity contribution is 5.33. The van der Waals surface area contributed by atoms with Crippen LogP contribution in [0.5, 0.6) is 0 Å². The Labute approximate surface area is 84.9 Å². The number of aromatic nitrogens is 2. The van der Waals surface area contributed by atoms with Gasteiger partial charge in [-0.3, -0.25) is 0 Å². The van der Waals surface area contributed by atoms with Crippen LogP contribution in [0.2, 0.25) is 0 Å². The molecule has 0 unspecified atom stereocenters. The highest BCUT2D eigenvalue weighted by Crippen LogP contribution is 2.11. The number of anilines is 1. The van der Waals surface area contributed by atoms with Crippen molar-refractivity contribution >= 4 is 5.82 Å². The summed E-state index contributed by atoms with van der Waals surface area (Å²) in [5.74, 6) is -2.79. The van der Waals surface area contributed by atoms with Crippen LogP contribution in [0.15, 0.2) is 12.4 Å². The van der Waals surface area contributed by atoms with Crippen LogP contribution in [-0.2, 0) is 0 Å². The number of nitrogens with one attached hydrogen (secondary N) is 1. The zero-order valence-corrected chi connectivity index (χ0v) is 7.74. The van der Waals surface area contributed by atoms with Crippen molar-refractivity contribution in [2.24, 2.45) is 5.73 Å². The summed E-state index contributed by atoms with van der Waals surface area (Å²) in [7, 11) is 0. The van der Waals surface area contributed by atoms with E-state index in [4.69, 9.17) is 11.0 Å². The molecule has 80 valence electrons. The van der Waals surface area contributed by atoms with E-state index >= 15 is 0 Å². The van der Waals surface area contributed by atoms with E-state index in [1.165, 1.54) is 12.4 Å². The summed E-state index contributed by atoms with van der Waals surface area (Å²) in [5, 5.41) is 10.8. The summed E-state index contributed by atoms with van der Waals surface area (Å²) in [6.45, 7) is -1.34. The minimum absolute atomic E-state index is 0.131. The largest absolute Gasteiger partial charge is 0.363 e. The average Bonchev–Trinajstić information content (AvgIpc) is 2.27. The molecule has 1 heterocycles. The first kappa shape index (κ1) is 11.3. The van der Waals surface area contributed by atoms with E-state index in [0.29, 0.717) is 0 Å². The van der Waals surface area contributed by atoms with Crippen LogP contribution in [0.4, 0.5) is 14.6 Å². The number of rotatable bonds is 4. The second kappa shape index (κ2) is 4.61. The van der Waals surface area contributed by atoms with Crippen molar-refractivity contribution in [3.63, 3.8) is 0 Å². The Morgan fingerprint density at radius 3 is 2.67 bits per heavy atom. The first-order valence-corrected chi connectivity index (χ1v) is 4.11. The number of nitrogens with zero attached hydrogens (tertiary/aromatic N) is 3. The lowest BCUT2D eigenvalue weighted by Crippen LogP contribution is -2.35. The van der Waals surface area contributed by atoms with Gasteiger partial charge >= 0.3 is 0 Å². The Morgan fingerprint density at radius 2 is 2.20 bits per heavy atom. The highest BCUT2D eigenvalue weighted by atomic mass is 19.3. The van der Waals surface area contributed by atoms with E-state index in [1.54, 1.807) is 6.07 Å². The van der Waals surface area contributed by atoms with Crippen LogP contribution in [0.25, 0.3) is 0 Å². The molecule has 1 rings (SSSR count). The predicted octanol–water partition coefficient (Wildman–Crippen LogP) is 0.354. The van der Waals surface area contributed by atoms with Crippen LogP contribution in [-0.4, -0.2) is 29.0 Å². The minimum Gasteiger partial charge on any atom is -0.363 e. The Hall–Kier alpha value is -1.81. The minimum atomic E-state index is -2.98. The fourth-order valence-corrected chi connectivity index (χ4v) is 0.769. The van der Waals surface area contributed by atoms with Gasteiger partial charge in [0, 0.05) is 0 Å². The van der Waals surface area contributed by atoms with Gasteiger partial charge in [-0.05, 0) is 0 Å². The summed E-state index contributed by atoms with van der Waals surface area (Å²) >= 11 is 0. The molecule has 15 heavy (non-hydrogen) atoms. The molecule has 1 aromatic rings. The first-order valence-electron chi connectivity index (χ1n) is 4.11. The van der Waals surface area contributed by atoms with Gasteiger partial charge in [0.25, 0.3) is 5.92 Å². The number of nitriles is 1. The third kappa shape index (κ3) is 3.44. The van der Waals surface area contributed by atoms with Crippen LogP contribution in [0.3, 0.4) is 0 Å². The van der Waals surface area contributed by atoms with Crippen LogP contribution in [0.1, 0.15) is 5.69 Å². The molecule has 0 fully saturated rings. The average molecular weight is 213 g/mol. The first-order chi connectivity index (χ1) is 7.07. The van der Waals surface area contributed by atoms with E-state index in [1.807, 2.05) is 0 Å². The van der Waals surface area contributed by atoms with Crippen molar-refractivity contribution in [2.75, 3.05) is 18.4 Å². The van der Waals surface area contributed by atoms with Gasteiger partial charge in [0.2, 0.25) is 0 Å². The van der Waals surface area contributed by atoms with Crippen molar-refractivity contribution in [3.8, 4) is 6.07 Å². The maximum atomic E-state index is 12.7. The van der Waals surface area contributed by atoms with E-state index in [0.717, 1.165) is 0 Å². The van der Waals surface area contributed by atoms with Crippen molar-refractivity contribution in [1.82, 2.24) is 9.97 Å². The number of hydrogen-bond acceptors (Lipinski definition) is 5. The van der Waals surface area contributed by atoms with Crippen LogP contribution < -0.4 is 11.1 Å². The number of halogens is 2. The summed E-state index contributed by atoms with van der Waals surface area (Å²) in [6.07, 6.45) is 2.41. The molecule has 5 nitrogen and oxygen atoms in total. The Balaban J connectivity index is 2.56. The standard InChI is InChI=1S/C8H9F2N5/c9-8(10,4-12)5-15-7-3-13-6(1-11)2-14-7/h2-3H,4-5,12H2,(H,14,15). The second-order valence-electron chi connectivity index (χ2n) is 2.81. The molecule has 0 amide bonds. The number of alkyl halides is 2. The van der Waals surface area contributed by atoms with Gasteiger partial charge < -0.3 is 11.1 Å². The van der Waals surface area contributed by atoms with E-state index in [2.05, 4.69) is 15.3 Å². The summed E-state index contributed by atoms with van der Waals surface area (Å²) in [5.41, 5.74) is 4.98. The molecule has 0 aliphatic heterocycles. The van der Waals surface area contributed by atoms with E-state index in [9.17, 15) is 8.78 Å². The number of nitrogens with two attached hydrogens (primary N) is 1. The topological polar surface area (TPSA) is 87.6 Å². The Kier molecular flexibility index (Phi) is 3.46. The Bertz CT molecular complexity index is 356. The van der Waals surface area contributed by atoms with Gasteiger partial charge in [0.1, 0.15) is 11.9 Å². The number of hydrogen-bond donors (Lipinski definition) is 2. The fraction of sp³-hybridized carbons (Fsp3) is 0.375. The van der Waals surface area contributed by atoms with Crippen molar-refractivity contribution in [3.05, 3.63) is 18.1 Å². The molecular formula is C8H9F2N5. The molecule has 0 atom stereocenters. The van der Waals surface area contributed by atoms with Gasteiger partial charge in [-0.2, -0.15) is 5.26 Å². The van der Waals surface area contributed by atoms with E-state index in [-0.39, 0.29) is 11.5 Å². The SMILES string of the molecule is N#Cc1cnc(NCC(F)(F)CN)cn1. The van der Waals surface area contributed by atoms with Gasteiger partial charge in [-0.25, -0.2) is 18.7 Å². The Morgan fingerprint density at radius 1 is 1.47 bits per heavy atom. The quantitative estimate of drug-likeness (QED) is 0.753. The lowest BCUT2D eigenvalue weighted by molar-refractivity contribution is 0.0253. The van der Waals surface area contributed by atoms with Crippen molar-refractivity contribution < 1.29 is 8.78 Å². The predicted molar refractivity (Wildman–Crippen MR) is 49.2 cm³/mol. The third-order valence-corrected chi connectivity index (χ3v) is 1.59. The summed E-state index contributed by atoms with van der Waals surface area (Å²) in [4.78, 5) is 7.38. The third-order valence-electron chi connectivity index (χ3n) is 1.59. The molecule has 0 aromatic carbocycles. The van der Waals surface area contributed by atoms with Crippen LogP contribution in [0, 0.1) is 11.3 Å². The molecule has 7 heteroatoms. The zero-order chi connectivity index (χ0) is 11.3. The lowest BCUT2D eigenvalue weighted by Gasteiger charge is -2.14. The molecule has 1 aromatic heterocycles. The van der Waals surface area contributed by atoms with Gasteiger partial charge in [0.05, 0.1) is 25.5 Å². The van der Waals surface area contributed by atoms with Gasteiger partial charge in [-0.1, -0.05) is 0 Å². The molecule has 0 aliphatic carbocycles. The lowest BCUT2D eigenvalue weighted by atomic mass is 10.3. The molecule has 3 N–H and O–H groups in total. The molecule has 0 radical (unpaired) electrons. The maximum Gasteiger partial charge on any atom is 0.276 e. The second-order valence-corrected chi connectivity index (χ2v) is 2.81. The fourth-order valence-electron chi connectivity index (χ4n) is 0.769. The molecule has 0 saturated heterocycles. The van der Waals surface area contributed by atoms with Gasteiger partial charge in [0.15, 0.2) is 5.69 Å². The molecule has 0 aliphatic rings. The highest BCUT2D eigenvalue weighted by Gasteiger charge is 2.26. The van der Waals surface area contributed by atoms with Crippen LogP contribution >= 0.6 is 0 Å². The molecule has 0 bridgehead atoms. The summed E-state index contributed by atoms with van der Waals surface area (Å²) in [6, 6.07) is 1.77. The summed E-state index contributed by atoms with van der Waals surface area (Å²) < 4.78 is 25.4. The van der Waals surface area contributed by atoms with Gasteiger partial charge in [-0.15, -0.1) is 0 Å². The molecule has 0 spiro atoms. The zero-order valence-electron chi connectivity index (χ0n) is 7.74. The van der Waals surface area contributed by atoms with Crippen molar-refractivity contribution in [1.29, 1.82) is 5.26 Å². The van der Waals surface area contributed by atoms with E-state index < -0.39 is 19.0 Å². The monoisotopic (exact) mass is 213 g/mol.